The number of hydrogen-bond acceptors (Lipinski definition) is 2. The van der Waals surface area contributed by atoms with Gasteiger partial charge in [0.05, 0.1) is 11.6 Å². The van der Waals surface area contributed by atoms with Gasteiger partial charge in [-0.3, -0.25) is 9.59 Å². The van der Waals surface area contributed by atoms with Crippen LogP contribution in [0.1, 0.15) is 43.4 Å². The molecule has 4 nitrogen and oxygen atoms in total. The molecule has 1 unspecified atom stereocenters. The molecule has 0 saturated heterocycles. The van der Waals surface area contributed by atoms with Crippen molar-refractivity contribution in [2.45, 2.75) is 12.2 Å². The van der Waals surface area contributed by atoms with Crippen LogP contribution in [0.3, 0.4) is 0 Å². The molecular weight excluding hydrogens is 516 g/mol. The number of rotatable bonds is 3. The Morgan fingerprint density at radius 3 is 2.56 bits per heavy atom. The van der Waals surface area contributed by atoms with E-state index in [-0.39, 0.29) is 31.9 Å². The van der Waals surface area contributed by atoms with Crippen molar-refractivity contribution in [1.29, 1.82) is 0 Å². The number of carbonyl (C=O) groups is 2. The largest absolute Gasteiger partial charge is 0.416 e. The number of fused-ring (bicyclic) bond motifs is 1. The molecule has 0 aliphatic carbocycles. The van der Waals surface area contributed by atoms with Crippen molar-refractivity contribution in [2.75, 3.05) is 5.32 Å². The summed E-state index contributed by atoms with van der Waals surface area (Å²) in [6.45, 7) is 0. The molecule has 2 amide bonds. The lowest BCUT2D eigenvalue weighted by atomic mass is 9.96. The van der Waals surface area contributed by atoms with Gasteiger partial charge in [-0.2, -0.15) is 13.2 Å². The van der Waals surface area contributed by atoms with Crippen LogP contribution in [0.25, 0.3) is 0 Å². The van der Waals surface area contributed by atoms with Crippen LogP contribution in [-0.2, 0) is 6.18 Å². The highest BCUT2D eigenvalue weighted by Crippen LogP contribution is 2.39. The monoisotopic (exact) mass is 526 g/mol. The van der Waals surface area contributed by atoms with Gasteiger partial charge in [-0.25, -0.2) is 4.39 Å². The van der Waals surface area contributed by atoms with Crippen LogP contribution in [0.5, 0.6) is 0 Å². The van der Waals surface area contributed by atoms with Gasteiger partial charge in [-0.05, 0) is 48.5 Å². The Bertz CT molecular complexity index is 1260. The number of amides is 2. The van der Waals surface area contributed by atoms with Gasteiger partial charge in [0.15, 0.2) is 0 Å². The molecule has 10 heteroatoms. The predicted molar refractivity (Wildman–Crippen MR) is 114 cm³/mol. The maximum Gasteiger partial charge on any atom is 0.416 e. The van der Waals surface area contributed by atoms with E-state index >= 15 is 0 Å². The molecule has 1 aliphatic heterocycles. The topological polar surface area (TPSA) is 58.2 Å². The molecule has 2 N–H and O–H groups in total. The van der Waals surface area contributed by atoms with Crippen molar-refractivity contribution < 1.29 is 27.2 Å². The van der Waals surface area contributed by atoms with Crippen LogP contribution in [0.2, 0.25) is 5.02 Å². The van der Waals surface area contributed by atoms with E-state index in [4.69, 9.17) is 11.6 Å². The zero-order valence-corrected chi connectivity index (χ0v) is 18.2. The summed E-state index contributed by atoms with van der Waals surface area (Å²) >= 11 is 9.19. The molecule has 0 fully saturated rings. The first kappa shape index (κ1) is 22.3. The van der Waals surface area contributed by atoms with Crippen molar-refractivity contribution in [3.63, 3.8) is 0 Å². The third-order valence-corrected chi connectivity index (χ3v) is 5.72. The molecule has 0 radical (unpaired) electrons. The van der Waals surface area contributed by atoms with Crippen LogP contribution in [0, 0.1) is 5.82 Å². The maximum absolute atomic E-state index is 13.8. The molecule has 0 saturated carbocycles. The number of nitrogens with one attached hydrogen (secondary N) is 2. The van der Waals surface area contributed by atoms with Crippen LogP contribution in [-0.4, -0.2) is 11.8 Å². The highest BCUT2D eigenvalue weighted by atomic mass is 79.9. The Kier molecular flexibility index (Phi) is 5.72. The van der Waals surface area contributed by atoms with E-state index < -0.39 is 35.4 Å². The molecular formula is C22H12BrClF4N2O2. The van der Waals surface area contributed by atoms with Crippen LogP contribution in [0.15, 0.2) is 59.1 Å². The second-order valence-corrected chi connectivity index (χ2v) is 8.34. The quantitative estimate of drug-likeness (QED) is 0.390. The first-order valence-corrected chi connectivity index (χ1v) is 10.3. The smallest absolute Gasteiger partial charge is 0.341 e. The molecule has 0 bridgehead atoms. The maximum atomic E-state index is 13.8. The minimum absolute atomic E-state index is 0.0806. The Hall–Kier alpha value is -2.91. The Morgan fingerprint density at radius 2 is 1.84 bits per heavy atom. The van der Waals surface area contributed by atoms with E-state index in [1.165, 1.54) is 42.5 Å². The number of anilines is 1. The summed E-state index contributed by atoms with van der Waals surface area (Å²) in [7, 11) is 0. The molecule has 1 heterocycles. The average Bonchev–Trinajstić information content (AvgIpc) is 3.06. The van der Waals surface area contributed by atoms with Crippen molar-refractivity contribution in [3.8, 4) is 0 Å². The van der Waals surface area contributed by atoms with Gasteiger partial charge < -0.3 is 10.6 Å². The molecule has 3 aromatic rings. The fourth-order valence-corrected chi connectivity index (χ4v) is 4.23. The number of benzene rings is 3. The standard InChI is InChI=1S/C22H12BrClF4N2O2/c23-12-7-10(6-11(8-12)22(26,27)28)20(31)29-17-3-1-2-14-18(17)19(30-21(14)32)15-9-13(25)4-5-16(15)24/h1-9,19H,(H,29,31)(H,30,32). The third-order valence-electron chi connectivity index (χ3n) is 4.92. The van der Waals surface area contributed by atoms with E-state index in [9.17, 15) is 27.2 Å². The summed E-state index contributed by atoms with van der Waals surface area (Å²) in [5.74, 6) is -1.83. The van der Waals surface area contributed by atoms with E-state index in [1.807, 2.05) is 0 Å². The first-order chi connectivity index (χ1) is 15.0. The summed E-state index contributed by atoms with van der Waals surface area (Å²) in [4.78, 5) is 25.3. The van der Waals surface area contributed by atoms with Crippen LogP contribution in [0.4, 0.5) is 23.2 Å². The summed E-state index contributed by atoms with van der Waals surface area (Å²) < 4.78 is 53.3. The first-order valence-electron chi connectivity index (χ1n) is 9.12. The van der Waals surface area contributed by atoms with E-state index in [1.54, 1.807) is 0 Å². The van der Waals surface area contributed by atoms with Gasteiger partial charge in [-0.1, -0.05) is 33.6 Å². The van der Waals surface area contributed by atoms with E-state index in [2.05, 4.69) is 26.6 Å². The number of alkyl halides is 3. The van der Waals surface area contributed by atoms with Crippen molar-refractivity contribution in [1.82, 2.24) is 5.32 Å². The lowest BCUT2D eigenvalue weighted by Crippen LogP contribution is -2.21. The van der Waals surface area contributed by atoms with Gasteiger partial charge in [0.2, 0.25) is 0 Å². The van der Waals surface area contributed by atoms with Gasteiger partial charge >= 0.3 is 6.18 Å². The second kappa shape index (κ2) is 8.22. The molecule has 4 rings (SSSR count). The zero-order valence-electron chi connectivity index (χ0n) is 15.9. The van der Waals surface area contributed by atoms with Crippen molar-refractivity contribution in [2.24, 2.45) is 0 Å². The van der Waals surface area contributed by atoms with Gasteiger partial charge in [0, 0.05) is 37.4 Å². The highest BCUT2D eigenvalue weighted by Gasteiger charge is 2.35. The van der Waals surface area contributed by atoms with Crippen molar-refractivity contribution >= 4 is 45.0 Å². The summed E-state index contributed by atoms with van der Waals surface area (Å²) in [5, 5.41) is 5.46. The molecule has 0 aromatic heterocycles. The molecule has 3 aromatic carbocycles. The number of carbonyl (C=O) groups excluding carboxylic acids is 2. The van der Waals surface area contributed by atoms with Crippen molar-refractivity contribution in [3.05, 3.63) is 97.7 Å². The van der Waals surface area contributed by atoms with Crippen LogP contribution < -0.4 is 10.6 Å². The SMILES string of the molecule is O=C(Nc1cccc2c1C(c1cc(F)ccc1Cl)NC2=O)c1cc(Br)cc(C(F)(F)F)c1. The lowest BCUT2D eigenvalue weighted by Gasteiger charge is -2.18. The Morgan fingerprint density at radius 1 is 1.09 bits per heavy atom. The molecule has 32 heavy (non-hydrogen) atoms. The normalized spacial score (nSPS) is 15.3. The Labute approximate surface area is 192 Å². The zero-order chi connectivity index (χ0) is 23.2. The average molecular weight is 528 g/mol. The second-order valence-electron chi connectivity index (χ2n) is 7.02. The molecule has 0 spiro atoms. The molecule has 1 aliphatic rings. The fourth-order valence-electron chi connectivity index (χ4n) is 3.51. The van der Waals surface area contributed by atoms with Gasteiger partial charge in [0.25, 0.3) is 11.8 Å². The van der Waals surface area contributed by atoms with E-state index in [0.29, 0.717) is 5.56 Å². The van der Waals surface area contributed by atoms with Crippen LogP contribution >= 0.6 is 27.5 Å². The summed E-state index contributed by atoms with van der Waals surface area (Å²) in [6.07, 6.45) is -4.64. The molecule has 1 atom stereocenters. The lowest BCUT2D eigenvalue weighted by molar-refractivity contribution is -0.137. The molecule has 164 valence electrons. The third kappa shape index (κ3) is 4.22. The van der Waals surface area contributed by atoms with Gasteiger partial charge in [0.1, 0.15) is 5.82 Å². The number of halogens is 6. The fraction of sp³-hybridized carbons (Fsp3) is 0.0909. The number of hydrogen-bond donors (Lipinski definition) is 2. The predicted octanol–water partition coefficient (Wildman–Crippen LogP) is 6.35. The summed E-state index contributed by atoms with van der Waals surface area (Å²) in [5.41, 5.74) is -0.187. The van der Waals surface area contributed by atoms with E-state index in [0.717, 1.165) is 12.1 Å². The summed E-state index contributed by atoms with van der Waals surface area (Å²) in [6, 6.07) is 10.2. The Balaban J connectivity index is 1.75. The minimum atomic E-state index is -4.64. The highest BCUT2D eigenvalue weighted by molar-refractivity contribution is 9.10. The minimum Gasteiger partial charge on any atom is -0.341 e. The van der Waals surface area contributed by atoms with Gasteiger partial charge in [-0.15, -0.1) is 0 Å².